The van der Waals surface area contributed by atoms with Crippen molar-refractivity contribution in [2.24, 2.45) is 11.8 Å². The van der Waals surface area contributed by atoms with Crippen LogP contribution >= 0.6 is 0 Å². The van der Waals surface area contributed by atoms with Gasteiger partial charge in [0.2, 0.25) is 0 Å². The molecule has 1 amide bonds. The summed E-state index contributed by atoms with van der Waals surface area (Å²) in [4.78, 5) is 10.6. The molecule has 1 aliphatic carbocycles. The Morgan fingerprint density at radius 1 is 1.47 bits per heavy atom. The summed E-state index contributed by atoms with van der Waals surface area (Å²) in [5.41, 5.74) is 0. The van der Waals surface area contributed by atoms with E-state index in [4.69, 9.17) is 0 Å². The molecule has 2 atom stereocenters. The molecule has 0 aromatic heterocycles. The molecule has 0 heterocycles. The average Bonchev–Trinajstić information content (AvgIpc) is 2.17. The van der Waals surface area contributed by atoms with Crippen molar-refractivity contribution in [3.05, 3.63) is 0 Å². The van der Waals surface area contributed by atoms with Crippen LogP contribution in [0.2, 0.25) is 0 Å². The minimum Gasteiger partial charge on any atom is -0.351 e. The average molecular weight is 219 g/mol. The highest BCUT2D eigenvalue weighted by atomic mass is 19.3. The highest BCUT2D eigenvalue weighted by Crippen LogP contribution is 2.30. The number of hydrogen-bond acceptors (Lipinski definition) is 1. The fourth-order valence-corrected chi connectivity index (χ4v) is 2.30. The van der Waals surface area contributed by atoms with Gasteiger partial charge < -0.3 is 5.32 Å². The van der Waals surface area contributed by atoms with Crippen LogP contribution in [-0.2, 0) is 4.79 Å². The van der Waals surface area contributed by atoms with E-state index in [0.29, 0.717) is 12.5 Å². The van der Waals surface area contributed by atoms with Crippen LogP contribution < -0.4 is 5.32 Å². The number of rotatable bonds is 4. The lowest BCUT2D eigenvalue weighted by Gasteiger charge is -2.26. The molecule has 0 aromatic rings. The summed E-state index contributed by atoms with van der Waals surface area (Å²) in [5.74, 6) is 0.208. The molecule has 88 valence electrons. The zero-order chi connectivity index (χ0) is 11.3. The van der Waals surface area contributed by atoms with Gasteiger partial charge in [-0.3, -0.25) is 4.79 Å². The van der Waals surface area contributed by atoms with Crippen LogP contribution in [0.1, 0.15) is 39.0 Å². The molecule has 2 nitrogen and oxygen atoms in total. The normalized spacial score (nSPS) is 26.7. The molecule has 0 saturated heterocycles. The van der Waals surface area contributed by atoms with Crippen molar-refractivity contribution in [3.63, 3.8) is 0 Å². The number of halogens is 2. The summed E-state index contributed by atoms with van der Waals surface area (Å²) in [5, 5.41) is 2.26. The SMILES string of the molecule is CC1CCCC(CCNC(=O)C(F)F)C1. The first-order chi connectivity index (χ1) is 7.09. The Balaban J connectivity index is 2.11. The van der Waals surface area contributed by atoms with Crippen molar-refractivity contribution in [1.82, 2.24) is 5.32 Å². The van der Waals surface area contributed by atoms with Crippen molar-refractivity contribution in [1.29, 1.82) is 0 Å². The summed E-state index contributed by atoms with van der Waals surface area (Å²) in [6.45, 7) is 2.62. The number of carbonyl (C=O) groups excluding carboxylic acids is 1. The highest BCUT2D eigenvalue weighted by molar-refractivity contribution is 5.78. The first kappa shape index (κ1) is 12.4. The van der Waals surface area contributed by atoms with Crippen LogP contribution in [0, 0.1) is 11.8 Å². The van der Waals surface area contributed by atoms with Gasteiger partial charge in [0.15, 0.2) is 0 Å². The molecule has 2 unspecified atom stereocenters. The van der Waals surface area contributed by atoms with Gasteiger partial charge in [0.05, 0.1) is 0 Å². The fourth-order valence-electron chi connectivity index (χ4n) is 2.30. The van der Waals surface area contributed by atoms with Gasteiger partial charge in [0.1, 0.15) is 0 Å². The minimum absolute atomic E-state index is 0.389. The van der Waals surface area contributed by atoms with Crippen LogP contribution in [0.15, 0.2) is 0 Å². The Morgan fingerprint density at radius 2 is 2.20 bits per heavy atom. The van der Waals surface area contributed by atoms with Gasteiger partial charge >= 0.3 is 6.43 Å². The largest absolute Gasteiger partial charge is 0.351 e. The maximum absolute atomic E-state index is 11.8. The van der Waals surface area contributed by atoms with E-state index in [2.05, 4.69) is 12.2 Å². The maximum atomic E-state index is 11.8. The van der Waals surface area contributed by atoms with E-state index >= 15 is 0 Å². The highest BCUT2D eigenvalue weighted by Gasteiger charge is 2.19. The van der Waals surface area contributed by atoms with E-state index in [1.165, 1.54) is 25.7 Å². The van der Waals surface area contributed by atoms with E-state index < -0.39 is 12.3 Å². The van der Waals surface area contributed by atoms with E-state index in [1.807, 2.05) is 0 Å². The number of hydrogen-bond donors (Lipinski definition) is 1. The maximum Gasteiger partial charge on any atom is 0.315 e. The monoisotopic (exact) mass is 219 g/mol. The molecular formula is C11H19F2NO. The van der Waals surface area contributed by atoms with Crippen LogP contribution in [0.5, 0.6) is 0 Å². The van der Waals surface area contributed by atoms with Gasteiger partial charge in [-0.25, -0.2) is 0 Å². The lowest BCUT2D eigenvalue weighted by molar-refractivity contribution is -0.131. The van der Waals surface area contributed by atoms with Gasteiger partial charge in [-0.15, -0.1) is 0 Å². The summed E-state index contributed by atoms with van der Waals surface area (Å²) in [6.07, 6.45) is 2.81. The van der Waals surface area contributed by atoms with Gasteiger partial charge in [0, 0.05) is 6.54 Å². The van der Waals surface area contributed by atoms with Gasteiger partial charge in [0.25, 0.3) is 5.91 Å². The summed E-state index contributed by atoms with van der Waals surface area (Å²) in [7, 11) is 0. The van der Waals surface area contributed by atoms with Crippen molar-refractivity contribution in [2.75, 3.05) is 6.54 Å². The standard InChI is InChI=1S/C11H19F2NO/c1-8-3-2-4-9(7-8)5-6-14-11(15)10(12)13/h8-10H,2-7H2,1H3,(H,14,15). The minimum atomic E-state index is -2.88. The Labute approximate surface area is 89.4 Å². The Bertz CT molecular complexity index is 209. The van der Waals surface area contributed by atoms with Crippen LogP contribution in [0.4, 0.5) is 8.78 Å². The molecule has 4 heteroatoms. The van der Waals surface area contributed by atoms with E-state index in [0.717, 1.165) is 12.3 Å². The zero-order valence-electron chi connectivity index (χ0n) is 9.14. The molecule has 0 aromatic carbocycles. The van der Waals surface area contributed by atoms with Crippen LogP contribution in [-0.4, -0.2) is 18.9 Å². The quantitative estimate of drug-likeness (QED) is 0.773. The predicted octanol–water partition coefficient (Wildman–Crippen LogP) is 2.58. The molecule has 1 N–H and O–H groups in total. The van der Waals surface area contributed by atoms with E-state index in [9.17, 15) is 13.6 Å². The predicted molar refractivity (Wildman–Crippen MR) is 54.8 cm³/mol. The molecule has 0 spiro atoms. The summed E-state index contributed by atoms with van der Waals surface area (Å²) in [6, 6.07) is 0. The third kappa shape index (κ3) is 4.58. The summed E-state index contributed by atoms with van der Waals surface area (Å²) >= 11 is 0. The van der Waals surface area contributed by atoms with E-state index in [1.54, 1.807) is 0 Å². The van der Waals surface area contributed by atoms with Crippen molar-refractivity contribution in [2.45, 2.75) is 45.5 Å². The molecule has 0 aliphatic heterocycles. The Kier molecular flexibility index (Phi) is 4.99. The molecule has 15 heavy (non-hydrogen) atoms. The summed E-state index contributed by atoms with van der Waals surface area (Å²) < 4.78 is 23.7. The zero-order valence-corrected chi connectivity index (χ0v) is 9.14. The first-order valence-corrected chi connectivity index (χ1v) is 5.65. The second-order valence-corrected chi connectivity index (χ2v) is 4.52. The van der Waals surface area contributed by atoms with Crippen molar-refractivity contribution >= 4 is 5.91 Å². The number of alkyl halides is 2. The molecule has 1 saturated carbocycles. The first-order valence-electron chi connectivity index (χ1n) is 5.65. The van der Waals surface area contributed by atoms with Crippen LogP contribution in [0.3, 0.4) is 0 Å². The van der Waals surface area contributed by atoms with E-state index in [-0.39, 0.29) is 0 Å². The third-order valence-electron chi connectivity index (χ3n) is 3.10. The molecule has 1 rings (SSSR count). The second kappa shape index (κ2) is 6.03. The smallest absolute Gasteiger partial charge is 0.315 e. The van der Waals surface area contributed by atoms with Crippen molar-refractivity contribution in [3.8, 4) is 0 Å². The lowest BCUT2D eigenvalue weighted by atomic mass is 9.81. The molecule has 0 bridgehead atoms. The van der Waals surface area contributed by atoms with Crippen molar-refractivity contribution < 1.29 is 13.6 Å². The second-order valence-electron chi connectivity index (χ2n) is 4.52. The molecule has 0 radical (unpaired) electrons. The van der Waals surface area contributed by atoms with Gasteiger partial charge in [-0.05, 0) is 24.7 Å². The molecule has 1 fully saturated rings. The molecule has 1 aliphatic rings. The Morgan fingerprint density at radius 3 is 2.80 bits per heavy atom. The lowest BCUT2D eigenvalue weighted by Crippen LogP contribution is -2.31. The molecular weight excluding hydrogens is 200 g/mol. The third-order valence-corrected chi connectivity index (χ3v) is 3.10. The number of amides is 1. The van der Waals surface area contributed by atoms with Gasteiger partial charge in [-0.1, -0.05) is 26.2 Å². The fraction of sp³-hybridized carbons (Fsp3) is 0.909. The number of carbonyl (C=O) groups is 1. The topological polar surface area (TPSA) is 29.1 Å². The van der Waals surface area contributed by atoms with Gasteiger partial charge in [-0.2, -0.15) is 8.78 Å². The Hall–Kier alpha value is -0.670. The number of nitrogens with one attached hydrogen (secondary N) is 1. The van der Waals surface area contributed by atoms with Crippen LogP contribution in [0.25, 0.3) is 0 Å².